The first-order valence-corrected chi connectivity index (χ1v) is 6.94. The second-order valence-electron chi connectivity index (χ2n) is 5.13. The van der Waals surface area contributed by atoms with Gasteiger partial charge in [0.15, 0.2) is 0 Å². The van der Waals surface area contributed by atoms with Crippen molar-refractivity contribution in [3.8, 4) is 0 Å². The van der Waals surface area contributed by atoms with E-state index in [0.717, 1.165) is 12.3 Å². The number of alkyl halides is 3. The number of benzene rings is 1. The maximum atomic E-state index is 12.7. The van der Waals surface area contributed by atoms with Crippen LogP contribution in [0.5, 0.6) is 0 Å². The van der Waals surface area contributed by atoms with Gasteiger partial charge in [-0.2, -0.15) is 13.2 Å². The molecule has 9 heteroatoms. The molecule has 6 nitrogen and oxygen atoms in total. The Morgan fingerprint density at radius 1 is 1.17 bits per heavy atom. The third kappa shape index (κ3) is 3.19. The predicted molar refractivity (Wildman–Crippen MR) is 81.5 cm³/mol. The van der Waals surface area contributed by atoms with E-state index >= 15 is 0 Å². The lowest BCUT2D eigenvalue weighted by molar-refractivity contribution is -0.141. The maximum Gasteiger partial charge on any atom is 0.433 e. The van der Waals surface area contributed by atoms with Crippen molar-refractivity contribution < 1.29 is 13.2 Å². The number of rotatable bonds is 3. The summed E-state index contributed by atoms with van der Waals surface area (Å²) >= 11 is 0. The van der Waals surface area contributed by atoms with Crippen LogP contribution < -0.4 is 10.5 Å². The van der Waals surface area contributed by atoms with Crippen molar-refractivity contribution in [1.82, 2.24) is 19.9 Å². The fraction of sp³-hybridized carbons (Fsp3) is 0.200. The van der Waals surface area contributed by atoms with E-state index in [1.807, 2.05) is 0 Å². The van der Waals surface area contributed by atoms with Crippen LogP contribution in [-0.2, 0) is 12.7 Å². The molecule has 1 N–H and O–H groups in total. The summed E-state index contributed by atoms with van der Waals surface area (Å²) in [5, 5.41) is 0.444. The average Bonchev–Trinajstić information content (AvgIpc) is 2.54. The average molecular weight is 335 g/mol. The lowest BCUT2D eigenvalue weighted by Gasteiger charge is -2.17. The molecule has 0 aliphatic rings. The van der Waals surface area contributed by atoms with Gasteiger partial charge in [0.05, 0.1) is 17.4 Å². The van der Waals surface area contributed by atoms with Gasteiger partial charge in [-0.25, -0.2) is 15.0 Å². The first-order valence-electron chi connectivity index (χ1n) is 6.94. The normalized spacial score (nSPS) is 11.7. The Balaban J connectivity index is 1.90. The molecule has 24 heavy (non-hydrogen) atoms. The highest BCUT2D eigenvalue weighted by Gasteiger charge is 2.33. The van der Waals surface area contributed by atoms with E-state index in [4.69, 9.17) is 0 Å². The summed E-state index contributed by atoms with van der Waals surface area (Å²) in [6, 6.07) is 7.60. The minimum absolute atomic E-state index is 0.0569. The van der Waals surface area contributed by atoms with Gasteiger partial charge in [0, 0.05) is 13.2 Å². The number of para-hydroxylation sites is 1. The number of H-pyrrole nitrogens is 1. The summed E-state index contributed by atoms with van der Waals surface area (Å²) in [4.78, 5) is 27.6. The number of halogens is 3. The van der Waals surface area contributed by atoms with E-state index in [1.54, 1.807) is 24.3 Å². The molecule has 0 saturated carbocycles. The van der Waals surface area contributed by atoms with Crippen LogP contribution in [0.4, 0.5) is 19.1 Å². The van der Waals surface area contributed by atoms with E-state index in [-0.39, 0.29) is 18.1 Å². The summed E-state index contributed by atoms with van der Waals surface area (Å²) in [6.45, 7) is 0.0569. The summed E-state index contributed by atoms with van der Waals surface area (Å²) in [5.74, 6) is 0.197. The number of aromatic nitrogens is 4. The van der Waals surface area contributed by atoms with Gasteiger partial charge < -0.3 is 9.88 Å². The Kier molecular flexibility index (Phi) is 3.92. The Labute approximate surface area is 134 Å². The molecule has 0 fully saturated rings. The molecular weight excluding hydrogens is 323 g/mol. The number of fused-ring (bicyclic) bond motifs is 1. The van der Waals surface area contributed by atoms with Crippen molar-refractivity contribution in [2.24, 2.45) is 0 Å². The molecule has 0 spiro atoms. The molecule has 0 unspecified atom stereocenters. The molecule has 0 atom stereocenters. The zero-order valence-corrected chi connectivity index (χ0v) is 12.5. The highest BCUT2D eigenvalue weighted by Crippen LogP contribution is 2.28. The van der Waals surface area contributed by atoms with Gasteiger partial charge in [-0.15, -0.1) is 0 Å². The Morgan fingerprint density at radius 3 is 2.67 bits per heavy atom. The van der Waals surface area contributed by atoms with Gasteiger partial charge in [-0.3, -0.25) is 4.79 Å². The molecule has 0 radical (unpaired) electrons. The fourth-order valence-electron chi connectivity index (χ4n) is 2.20. The molecule has 1 aromatic carbocycles. The van der Waals surface area contributed by atoms with Crippen LogP contribution in [-0.4, -0.2) is 27.0 Å². The number of hydrogen-bond donors (Lipinski definition) is 1. The number of anilines is 1. The van der Waals surface area contributed by atoms with Crippen LogP contribution in [0.15, 0.2) is 41.3 Å². The van der Waals surface area contributed by atoms with Gasteiger partial charge in [0.2, 0.25) is 5.95 Å². The van der Waals surface area contributed by atoms with Crippen molar-refractivity contribution in [3.05, 3.63) is 58.4 Å². The van der Waals surface area contributed by atoms with E-state index < -0.39 is 11.9 Å². The maximum absolute atomic E-state index is 12.7. The summed E-state index contributed by atoms with van der Waals surface area (Å²) < 4.78 is 38.2. The molecule has 3 rings (SSSR count). The summed E-state index contributed by atoms with van der Waals surface area (Å²) in [6.07, 6.45) is -3.51. The third-order valence-electron chi connectivity index (χ3n) is 3.32. The molecule has 2 heterocycles. The first kappa shape index (κ1) is 15.9. The van der Waals surface area contributed by atoms with Crippen molar-refractivity contribution in [2.75, 3.05) is 11.9 Å². The highest BCUT2D eigenvalue weighted by molar-refractivity contribution is 5.77. The molecule has 0 amide bonds. The van der Waals surface area contributed by atoms with E-state index in [0.29, 0.717) is 16.7 Å². The van der Waals surface area contributed by atoms with Crippen molar-refractivity contribution in [3.63, 3.8) is 0 Å². The van der Waals surface area contributed by atoms with Crippen molar-refractivity contribution in [2.45, 2.75) is 12.7 Å². The zero-order chi connectivity index (χ0) is 17.3. The number of nitrogens with one attached hydrogen (secondary N) is 1. The van der Waals surface area contributed by atoms with Crippen LogP contribution in [0.2, 0.25) is 0 Å². The van der Waals surface area contributed by atoms with E-state index in [2.05, 4.69) is 19.9 Å². The number of nitrogens with zero attached hydrogens (tertiary/aromatic N) is 4. The van der Waals surface area contributed by atoms with Gasteiger partial charge in [-0.05, 0) is 18.2 Å². The Bertz CT molecular complexity index is 938. The molecule has 3 aromatic rings. The third-order valence-corrected chi connectivity index (χ3v) is 3.32. The molecule has 2 aromatic heterocycles. The second kappa shape index (κ2) is 5.91. The fourth-order valence-corrected chi connectivity index (χ4v) is 2.20. The summed E-state index contributed by atoms with van der Waals surface area (Å²) in [7, 11) is 1.52. The van der Waals surface area contributed by atoms with Crippen LogP contribution in [0.1, 0.15) is 11.5 Å². The topological polar surface area (TPSA) is 74.8 Å². The molecule has 0 saturated heterocycles. The first-order chi connectivity index (χ1) is 11.3. The monoisotopic (exact) mass is 335 g/mol. The summed E-state index contributed by atoms with van der Waals surface area (Å²) in [5.41, 5.74) is -0.831. The minimum atomic E-state index is -4.55. The standard InChI is InChI=1S/C15H12F3N5O/c1-23(14-19-7-6-11(21-14)15(16,17)18)8-12-20-10-5-3-2-4-9(10)13(24)22-12/h2-7H,8H2,1H3,(H,20,22,24). The second-order valence-corrected chi connectivity index (χ2v) is 5.13. The van der Waals surface area contributed by atoms with Crippen LogP contribution in [0.3, 0.4) is 0 Å². The van der Waals surface area contributed by atoms with Crippen LogP contribution >= 0.6 is 0 Å². The molecule has 0 aliphatic heterocycles. The van der Waals surface area contributed by atoms with E-state index in [1.165, 1.54) is 11.9 Å². The zero-order valence-electron chi connectivity index (χ0n) is 12.5. The highest BCUT2D eigenvalue weighted by atomic mass is 19.4. The van der Waals surface area contributed by atoms with Gasteiger partial charge in [0.25, 0.3) is 5.56 Å². The Morgan fingerprint density at radius 2 is 1.92 bits per heavy atom. The van der Waals surface area contributed by atoms with Gasteiger partial charge in [0.1, 0.15) is 11.5 Å². The minimum Gasteiger partial charge on any atom is -0.336 e. The van der Waals surface area contributed by atoms with Gasteiger partial charge in [-0.1, -0.05) is 12.1 Å². The molecule has 0 bridgehead atoms. The number of hydrogen-bond acceptors (Lipinski definition) is 5. The SMILES string of the molecule is CN(Cc1nc2ccccc2c(=O)[nH]1)c1nccc(C(F)(F)F)n1. The van der Waals surface area contributed by atoms with Crippen LogP contribution in [0, 0.1) is 0 Å². The van der Waals surface area contributed by atoms with Crippen molar-refractivity contribution >= 4 is 16.9 Å². The lowest BCUT2D eigenvalue weighted by Crippen LogP contribution is -2.24. The van der Waals surface area contributed by atoms with Crippen LogP contribution in [0.25, 0.3) is 10.9 Å². The quantitative estimate of drug-likeness (QED) is 0.795. The molecule has 124 valence electrons. The Hall–Kier alpha value is -2.97. The predicted octanol–water partition coefficient (Wildman–Crippen LogP) is 2.37. The lowest BCUT2D eigenvalue weighted by atomic mass is 10.2. The molecular formula is C15H12F3N5O. The largest absolute Gasteiger partial charge is 0.433 e. The van der Waals surface area contributed by atoms with E-state index in [9.17, 15) is 18.0 Å². The van der Waals surface area contributed by atoms with Crippen molar-refractivity contribution in [1.29, 1.82) is 0 Å². The van der Waals surface area contributed by atoms with Gasteiger partial charge >= 0.3 is 6.18 Å². The molecule has 0 aliphatic carbocycles. The number of aromatic amines is 1. The smallest absolute Gasteiger partial charge is 0.336 e.